The Hall–Kier alpha value is -3.48. The average molecular weight is 395 g/mol. The second kappa shape index (κ2) is 8.26. The van der Waals surface area contributed by atoms with Crippen LogP contribution in [-0.2, 0) is 4.79 Å². The molecule has 2 aromatic carbocycles. The van der Waals surface area contributed by atoms with Crippen molar-refractivity contribution in [1.29, 1.82) is 0 Å². The number of urea groups is 1. The molecule has 1 aliphatic rings. The molecule has 7 heteroatoms. The predicted molar refractivity (Wildman–Crippen MR) is 111 cm³/mol. The van der Waals surface area contributed by atoms with Gasteiger partial charge in [-0.05, 0) is 50.1 Å². The van der Waals surface area contributed by atoms with E-state index in [2.05, 4.69) is 16.0 Å². The number of amides is 3. The highest BCUT2D eigenvalue weighted by molar-refractivity contribution is 6.07. The summed E-state index contributed by atoms with van der Waals surface area (Å²) in [5, 5.41) is 8.47. The SMILES string of the molecule is COc1ccc([C@@H]2NC(=O)NC(C)=C2C(=O)Nc2ccc(C)cc2C)cc1OC. The zero-order valence-corrected chi connectivity index (χ0v) is 17.2. The van der Waals surface area contributed by atoms with Crippen molar-refractivity contribution < 1.29 is 19.1 Å². The first-order valence-corrected chi connectivity index (χ1v) is 9.23. The molecule has 0 spiro atoms. The number of methoxy groups -OCH3 is 2. The summed E-state index contributed by atoms with van der Waals surface area (Å²) < 4.78 is 10.7. The quantitative estimate of drug-likeness (QED) is 0.722. The molecule has 0 radical (unpaired) electrons. The maximum absolute atomic E-state index is 13.2. The van der Waals surface area contributed by atoms with Crippen molar-refractivity contribution in [3.63, 3.8) is 0 Å². The molecule has 3 rings (SSSR count). The number of nitrogens with one attached hydrogen (secondary N) is 3. The molecular formula is C22H25N3O4. The Bertz CT molecular complexity index is 998. The number of hydrogen-bond acceptors (Lipinski definition) is 4. The Balaban J connectivity index is 1.98. The lowest BCUT2D eigenvalue weighted by molar-refractivity contribution is -0.113. The van der Waals surface area contributed by atoms with Gasteiger partial charge >= 0.3 is 6.03 Å². The zero-order valence-electron chi connectivity index (χ0n) is 17.2. The van der Waals surface area contributed by atoms with E-state index in [-0.39, 0.29) is 11.9 Å². The fraction of sp³-hybridized carbons (Fsp3) is 0.273. The first kappa shape index (κ1) is 20.3. The van der Waals surface area contributed by atoms with Gasteiger partial charge in [-0.2, -0.15) is 0 Å². The third-order valence-corrected chi connectivity index (χ3v) is 4.88. The monoisotopic (exact) mass is 395 g/mol. The third kappa shape index (κ3) is 4.18. The van der Waals surface area contributed by atoms with Gasteiger partial charge in [0.05, 0.1) is 25.8 Å². The van der Waals surface area contributed by atoms with E-state index in [1.54, 1.807) is 32.2 Å². The number of aryl methyl sites for hydroxylation is 2. The van der Waals surface area contributed by atoms with E-state index in [1.807, 2.05) is 32.0 Å². The lowest BCUT2D eigenvalue weighted by Crippen LogP contribution is -2.46. The maximum Gasteiger partial charge on any atom is 0.319 e. The summed E-state index contributed by atoms with van der Waals surface area (Å²) in [7, 11) is 3.09. The second-order valence-electron chi connectivity index (χ2n) is 6.96. The Morgan fingerprint density at radius 1 is 1.00 bits per heavy atom. The fourth-order valence-corrected chi connectivity index (χ4v) is 3.42. The Kier molecular flexibility index (Phi) is 5.77. The van der Waals surface area contributed by atoms with Crippen molar-refractivity contribution in [2.75, 3.05) is 19.5 Å². The number of allylic oxidation sites excluding steroid dienone is 1. The van der Waals surface area contributed by atoms with Crippen molar-refractivity contribution in [2.24, 2.45) is 0 Å². The van der Waals surface area contributed by atoms with Gasteiger partial charge in [0.1, 0.15) is 0 Å². The molecule has 2 aromatic rings. The van der Waals surface area contributed by atoms with Crippen LogP contribution in [0.2, 0.25) is 0 Å². The molecule has 0 unspecified atom stereocenters. The second-order valence-corrected chi connectivity index (χ2v) is 6.96. The van der Waals surface area contributed by atoms with Crippen LogP contribution < -0.4 is 25.4 Å². The minimum atomic E-state index is -0.630. The highest BCUT2D eigenvalue weighted by atomic mass is 16.5. The predicted octanol–water partition coefficient (Wildman–Crippen LogP) is 3.59. The average Bonchev–Trinajstić information content (AvgIpc) is 2.68. The highest BCUT2D eigenvalue weighted by Gasteiger charge is 2.32. The topological polar surface area (TPSA) is 88.7 Å². The molecule has 0 aromatic heterocycles. The molecule has 0 bridgehead atoms. The van der Waals surface area contributed by atoms with Gasteiger partial charge in [0.2, 0.25) is 0 Å². The number of rotatable bonds is 5. The van der Waals surface area contributed by atoms with Crippen molar-refractivity contribution >= 4 is 17.6 Å². The van der Waals surface area contributed by atoms with Crippen molar-refractivity contribution in [1.82, 2.24) is 10.6 Å². The molecular weight excluding hydrogens is 370 g/mol. The van der Waals surface area contributed by atoms with Gasteiger partial charge in [0.25, 0.3) is 5.91 Å². The van der Waals surface area contributed by atoms with E-state index >= 15 is 0 Å². The minimum Gasteiger partial charge on any atom is -0.493 e. The maximum atomic E-state index is 13.2. The van der Waals surface area contributed by atoms with E-state index in [0.717, 1.165) is 16.8 Å². The lowest BCUT2D eigenvalue weighted by Gasteiger charge is -2.29. The van der Waals surface area contributed by atoms with Crippen LogP contribution >= 0.6 is 0 Å². The zero-order chi connectivity index (χ0) is 21.1. The molecule has 1 atom stereocenters. The van der Waals surface area contributed by atoms with Gasteiger partial charge in [0.15, 0.2) is 11.5 Å². The van der Waals surface area contributed by atoms with Crippen LogP contribution in [-0.4, -0.2) is 26.2 Å². The first-order chi connectivity index (χ1) is 13.8. The summed E-state index contributed by atoms with van der Waals surface area (Å²) in [6, 6.07) is 10.1. The molecule has 3 amide bonds. The Labute approximate surface area is 170 Å². The van der Waals surface area contributed by atoms with Gasteiger partial charge in [-0.3, -0.25) is 4.79 Å². The smallest absolute Gasteiger partial charge is 0.319 e. The van der Waals surface area contributed by atoms with Crippen LogP contribution in [0.25, 0.3) is 0 Å². The molecule has 152 valence electrons. The summed E-state index contributed by atoms with van der Waals surface area (Å²) in [6.45, 7) is 5.65. The third-order valence-electron chi connectivity index (χ3n) is 4.88. The van der Waals surface area contributed by atoms with Crippen molar-refractivity contribution in [3.8, 4) is 11.5 Å². The van der Waals surface area contributed by atoms with Gasteiger partial charge < -0.3 is 25.4 Å². The van der Waals surface area contributed by atoms with Crippen LogP contribution in [0.1, 0.15) is 29.7 Å². The summed E-state index contributed by atoms with van der Waals surface area (Å²) >= 11 is 0. The van der Waals surface area contributed by atoms with Crippen LogP contribution in [0.4, 0.5) is 10.5 Å². The molecule has 1 heterocycles. The van der Waals surface area contributed by atoms with E-state index in [1.165, 1.54) is 7.11 Å². The number of anilines is 1. The Morgan fingerprint density at radius 2 is 1.72 bits per heavy atom. The molecule has 0 saturated heterocycles. The summed E-state index contributed by atoms with van der Waals surface area (Å²) in [4.78, 5) is 25.3. The van der Waals surface area contributed by atoms with Gasteiger partial charge in [-0.1, -0.05) is 23.8 Å². The molecule has 1 aliphatic heterocycles. The van der Waals surface area contributed by atoms with E-state index < -0.39 is 6.04 Å². The van der Waals surface area contributed by atoms with E-state index in [9.17, 15) is 9.59 Å². The summed E-state index contributed by atoms with van der Waals surface area (Å²) in [6.07, 6.45) is 0. The van der Waals surface area contributed by atoms with Gasteiger partial charge in [-0.15, -0.1) is 0 Å². The number of benzene rings is 2. The molecule has 3 N–H and O–H groups in total. The van der Waals surface area contributed by atoms with E-state index in [4.69, 9.17) is 9.47 Å². The molecule has 0 aliphatic carbocycles. The Morgan fingerprint density at radius 3 is 2.38 bits per heavy atom. The fourth-order valence-electron chi connectivity index (χ4n) is 3.42. The largest absolute Gasteiger partial charge is 0.493 e. The van der Waals surface area contributed by atoms with Crippen LogP contribution in [0.3, 0.4) is 0 Å². The standard InChI is InChI=1S/C22H25N3O4/c1-12-6-8-16(13(2)10-12)24-21(26)19-14(3)23-22(27)25-20(19)15-7-9-17(28-4)18(11-15)29-5/h6-11,20H,1-5H3,(H,24,26)(H2,23,25,27)/t20-/m0/s1. The summed E-state index contributed by atoms with van der Waals surface area (Å²) in [5.74, 6) is 0.796. The molecule has 7 nitrogen and oxygen atoms in total. The van der Waals surface area contributed by atoms with E-state index in [0.29, 0.717) is 28.3 Å². The number of carbonyl (C=O) groups excluding carboxylic acids is 2. The van der Waals surface area contributed by atoms with Crippen LogP contribution in [0.15, 0.2) is 47.7 Å². The number of carbonyl (C=O) groups is 2. The minimum absolute atomic E-state index is 0.290. The van der Waals surface area contributed by atoms with Crippen molar-refractivity contribution in [2.45, 2.75) is 26.8 Å². The molecule has 0 fully saturated rings. The molecule has 29 heavy (non-hydrogen) atoms. The van der Waals surface area contributed by atoms with Gasteiger partial charge in [-0.25, -0.2) is 4.79 Å². The molecule has 0 saturated carbocycles. The number of hydrogen-bond donors (Lipinski definition) is 3. The normalized spacial score (nSPS) is 16.0. The highest BCUT2D eigenvalue weighted by Crippen LogP contribution is 2.34. The van der Waals surface area contributed by atoms with Crippen LogP contribution in [0, 0.1) is 13.8 Å². The lowest BCUT2D eigenvalue weighted by atomic mass is 9.94. The summed E-state index contributed by atoms with van der Waals surface area (Å²) in [5.41, 5.74) is 4.44. The van der Waals surface area contributed by atoms with Crippen molar-refractivity contribution in [3.05, 3.63) is 64.4 Å². The van der Waals surface area contributed by atoms with Crippen LogP contribution in [0.5, 0.6) is 11.5 Å². The number of ether oxygens (including phenoxy) is 2. The first-order valence-electron chi connectivity index (χ1n) is 9.23. The van der Waals surface area contributed by atoms with Gasteiger partial charge in [0, 0.05) is 11.4 Å².